The van der Waals surface area contributed by atoms with E-state index in [1.165, 1.54) is 22.3 Å². The summed E-state index contributed by atoms with van der Waals surface area (Å²) in [4.78, 5) is 15.2. The Labute approximate surface area is 291 Å². The average Bonchev–Trinajstić information content (AvgIpc) is 3.49. The van der Waals surface area contributed by atoms with Crippen LogP contribution in [0.5, 0.6) is 11.5 Å². The quantitative estimate of drug-likeness (QED) is 0.192. The lowest BCUT2D eigenvalue weighted by atomic mass is 9.62. The molecule has 2 aliphatic carbocycles. The molecule has 5 aromatic carbocycles. The van der Waals surface area contributed by atoms with E-state index in [2.05, 4.69) is 127 Å². The summed E-state index contributed by atoms with van der Waals surface area (Å²) in [5.74, 6) is 2.87. The zero-order valence-electron chi connectivity index (χ0n) is 27.1. The van der Waals surface area contributed by atoms with Crippen LogP contribution >= 0.6 is 0 Å². The number of ether oxygens (including phenoxy) is 1. The van der Waals surface area contributed by atoms with E-state index in [1.807, 2.05) is 48.7 Å². The van der Waals surface area contributed by atoms with E-state index in [0.29, 0.717) is 5.82 Å². The predicted octanol–water partition coefficient (Wildman–Crippen LogP) is 10.8. The summed E-state index contributed by atoms with van der Waals surface area (Å²) < 4.78 is 6.82. The number of para-hydroxylation sites is 1. The van der Waals surface area contributed by atoms with Crippen LogP contribution in [0.2, 0.25) is 0 Å². The van der Waals surface area contributed by atoms with Crippen molar-refractivity contribution in [2.45, 2.75) is 11.3 Å². The Kier molecular flexibility index (Phi) is 6.50. The van der Waals surface area contributed by atoms with E-state index in [-0.39, 0.29) is 11.8 Å². The molecule has 50 heavy (non-hydrogen) atoms. The molecule has 0 saturated carbocycles. The van der Waals surface area contributed by atoms with Crippen LogP contribution in [0.4, 0.5) is 0 Å². The number of hydrogen-bond donors (Lipinski definition) is 0. The highest BCUT2D eigenvalue weighted by atomic mass is 16.5. The van der Waals surface area contributed by atoms with Crippen molar-refractivity contribution >= 4 is 0 Å². The van der Waals surface area contributed by atoms with Gasteiger partial charge < -0.3 is 4.74 Å². The maximum absolute atomic E-state index is 6.82. The maximum atomic E-state index is 6.82. The van der Waals surface area contributed by atoms with Gasteiger partial charge in [-0.25, -0.2) is 9.97 Å². The lowest BCUT2D eigenvalue weighted by Crippen LogP contribution is -2.37. The summed E-state index contributed by atoms with van der Waals surface area (Å²) in [7, 11) is 0. The van der Waals surface area contributed by atoms with Crippen LogP contribution in [-0.4, -0.2) is 15.0 Å². The van der Waals surface area contributed by atoms with Crippen LogP contribution in [0.25, 0.3) is 45.2 Å². The summed E-state index contributed by atoms with van der Waals surface area (Å²) in [5.41, 5.74) is 11.1. The van der Waals surface area contributed by atoms with Crippen molar-refractivity contribution in [1.29, 1.82) is 0 Å². The van der Waals surface area contributed by atoms with Gasteiger partial charge in [-0.2, -0.15) is 0 Å². The molecule has 3 aliphatic rings. The van der Waals surface area contributed by atoms with Gasteiger partial charge in [0.05, 0.1) is 22.5 Å². The number of allylic oxidation sites excluding steroid dienone is 4. The fraction of sp³-hybridized carbons (Fsp3) is 0.0652. The highest BCUT2D eigenvalue weighted by Gasteiger charge is 2.56. The fourth-order valence-electron chi connectivity index (χ4n) is 8.42. The first kappa shape index (κ1) is 28.6. The number of aromatic nitrogens is 3. The van der Waals surface area contributed by atoms with E-state index in [4.69, 9.17) is 19.7 Å². The minimum Gasteiger partial charge on any atom is -0.457 e. The summed E-state index contributed by atoms with van der Waals surface area (Å²) in [6, 6.07) is 50.7. The molecule has 0 bridgehead atoms. The third-order valence-electron chi connectivity index (χ3n) is 10.5. The van der Waals surface area contributed by atoms with Crippen LogP contribution in [0.15, 0.2) is 176 Å². The molecule has 236 valence electrons. The summed E-state index contributed by atoms with van der Waals surface area (Å²) in [6.07, 6.45) is 11.0. The lowest BCUT2D eigenvalue weighted by molar-refractivity contribution is 0.374. The van der Waals surface area contributed by atoms with Crippen molar-refractivity contribution < 1.29 is 4.74 Å². The van der Waals surface area contributed by atoms with Crippen molar-refractivity contribution in [2.24, 2.45) is 5.92 Å². The molecule has 0 fully saturated rings. The molecule has 3 heterocycles. The van der Waals surface area contributed by atoms with Crippen molar-refractivity contribution in [3.8, 4) is 56.7 Å². The van der Waals surface area contributed by atoms with E-state index in [9.17, 15) is 0 Å². The minimum atomic E-state index is -0.393. The molecule has 4 heteroatoms. The van der Waals surface area contributed by atoms with Gasteiger partial charge in [-0.3, -0.25) is 4.98 Å². The molecule has 3 unspecified atom stereocenters. The monoisotopic (exact) mass is 641 g/mol. The van der Waals surface area contributed by atoms with Crippen molar-refractivity contribution in [2.75, 3.05) is 0 Å². The number of benzene rings is 5. The zero-order chi connectivity index (χ0) is 33.1. The molecule has 1 aliphatic heterocycles. The minimum absolute atomic E-state index is 0.218. The molecule has 0 saturated heterocycles. The van der Waals surface area contributed by atoms with Gasteiger partial charge in [0.15, 0.2) is 5.82 Å². The molecule has 4 nitrogen and oxygen atoms in total. The molecule has 2 aromatic heterocycles. The van der Waals surface area contributed by atoms with Crippen LogP contribution in [0.3, 0.4) is 0 Å². The SMILES string of the molecule is C1=CC2c3ccccc3C3(c4ccccc4Oc4cc(-c5ncccc5-c5nc(-c6ccccc6)cc(-c6ccccc6)n5)ccc43)C2C=C1. The molecule has 1 spiro atoms. The Morgan fingerprint density at radius 1 is 0.520 bits per heavy atom. The van der Waals surface area contributed by atoms with Crippen LogP contribution in [0.1, 0.15) is 28.2 Å². The largest absolute Gasteiger partial charge is 0.457 e. The fourth-order valence-corrected chi connectivity index (χ4v) is 8.42. The van der Waals surface area contributed by atoms with Gasteiger partial charge in [0.25, 0.3) is 0 Å². The van der Waals surface area contributed by atoms with Gasteiger partial charge in [-0.05, 0) is 41.5 Å². The van der Waals surface area contributed by atoms with Gasteiger partial charge >= 0.3 is 0 Å². The number of pyridine rings is 1. The van der Waals surface area contributed by atoms with Crippen molar-refractivity contribution in [3.05, 3.63) is 198 Å². The Hall–Kier alpha value is -6.39. The second-order valence-electron chi connectivity index (χ2n) is 13.1. The number of rotatable bonds is 4. The topological polar surface area (TPSA) is 47.9 Å². The summed E-state index contributed by atoms with van der Waals surface area (Å²) in [5, 5.41) is 0. The first-order valence-corrected chi connectivity index (χ1v) is 17.1. The molecule has 3 atom stereocenters. The van der Waals surface area contributed by atoms with Gasteiger partial charge in [0.1, 0.15) is 11.5 Å². The van der Waals surface area contributed by atoms with E-state index < -0.39 is 5.41 Å². The Morgan fingerprint density at radius 2 is 1.18 bits per heavy atom. The maximum Gasteiger partial charge on any atom is 0.162 e. The highest BCUT2D eigenvalue weighted by molar-refractivity contribution is 5.82. The number of fused-ring (bicyclic) bond motifs is 9. The molecule has 0 radical (unpaired) electrons. The number of nitrogens with zero attached hydrogens (tertiary/aromatic N) is 3. The van der Waals surface area contributed by atoms with Gasteiger partial charge in [-0.1, -0.05) is 140 Å². The van der Waals surface area contributed by atoms with Crippen LogP contribution in [0, 0.1) is 5.92 Å². The van der Waals surface area contributed by atoms with Crippen molar-refractivity contribution in [3.63, 3.8) is 0 Å². The lowest BCUT2D eigenvalue weighted by Gasteiger charge is -2.43. The molecule has 0 N–H and O–H groups in total. The molecule has 7 aromatic rings. The Morgan fingerprint density at radius 3 is 1.96 bits per heavy atom. The van der Waals surface area contributed by atoms with Crippen LogP contribution < -0.4 is 4.74 Å². The normalized spacial score (nSPS) is 19.3. The molecule has 0 amide bonds. The standard InChI is InChI=1S/C46H31N3O/c1-3-14-30(15-4-1)40-29-41(31-16-5-2-6-17-31)49-45(48-40)35-20-13-27-47-44(35)32-25-26-39-43(28-32)50-42-24-12-11-23-38(42)46(39)36-21-9-7-18-33(36)34-19-8-10-22-37(34)46/h1-29,33,36H. The Balaban J connectivity index is 1.16. The number of hydrogen-bond acceptors (Lipinski definition) is 4. The van der Waals surface area contributed by atoms with Gasteiger partial charge in [0, 0.05) is 51.4 Å². The Bertz CT molecular complexity index is 2430. The predicted molar refractivity (Wildman–Crippen MR) is 199 cm³/mol. The zero-order valence-corrected chi connectivity index (χ0v) is 27.1. The second-order valence-corrected chi connectivity index (χ2v) is 13.1. The molecule has 10 rings (SSSR count). The van der Waals surface area contributed by atoms with E-state index in [1.54, 1.807) is 0 Å². The van der Waals surface area contributed by atoms with Gasteiger partial charge in [-0.15, -0.1) is 0 Å². The third-order valence-corrected chi connectivity index (χ3v) is 10.5. The highest BCUT2D eigenvalue weighted by Crippen LogP contribution is 2.64. The third kappa shape index (κ3) is 4.28. The first-order valence-electron chi connectivity index (χ1n) is 17.1. The summed E-state index contributed by atoms with van der Waals surface area (Å²) >= 11 is 0. The first-order chi connectivity index (χ1) is 24.8. The van der Waals surface area contributed by atoms with Crippen molar-refractivity contribution in [1.82, 2.24) is 15.0 Å². The average molecular weight is 642 g/mol. The van der Waals surface area contributed by atoms with E-state index in [0.717, 1.165) is 50.8 Å². The van der Waals surface area contributed by atoms with E-state index >= 15 is 0 Å². The molecular formula is C46H31N3O. The smallest absolute Gasteiger partial charge is 0.162 e. The summed E-state index contributed by atoms with van der Waals surface area (Å²) in [6.45, 7) is 0. The second kappa shape index (κ2) is 11.4. The van der Waals surface area contributed by atoms with Gasteiger partial charge in [0.2, 0.25) is 0 Å². The van der Waals surface area contributed by atoms with Crippen LogP contribution in [-0.2, 0) is 5.41 Å². The molecular weight excluding hydrogens is 611 g/mol.